The van der Waals surface area contributed by atoms with E-state index in [2.05, 4.69) is 43.4 Å². The first kappa shape index (κ1) is 17.0. The van der Waals surface area contributed by atoms with Crippen LogP contribution >= 0.6 is 27.3 Å². The van der Waals surface area contributed by atoms with Gasteiger partial charge < -0.3 is 9.47 Å². The number of rotatable bonds is 6. The van der Waals surface area contributed by atoms with E-state index >= 15 is 0 Å². The van der Waals surface area contributed by atoms with E-state index in [0.717, 1.165) is 31.6 Å². The fourth-order valence-electron chi connectivity index (χ4n) is 2.64. The summed E-state index contributed by atoms with van der Waals surface area (Å²) in [6, 6.07) is 17.9. The summed E-state index contributed by atoms with van der Waals surface area (Å²) in [6.07, 6.45) is 1.54. The lowest BCUT2D eigenvalue weighted by atomic mass is 10.1. The molecule has 4 rings (SSSR count). The first-order chi connectivity index (χ1) is 12.8. The summed E-state index contributed by atoms with van der Waals surface area (Å²) >= 11 is 5.03. The molecule has 2 heterocycles. The van der Waals surface area contributed by atoms with Crippen molar-refractivity contribution >= 4 is 37.5 Å². The van der Waals surface area contributed by atoms with Gasteiger partial charge in [-0.25, -0.2) is 9.97 Å². The number of ether oxygens (including phenoxy) is 2. The van der Waals surface area contributed by atoms with E-state index in [1.807, 2.05) is 42.5 Å². The highest BCUT2D eigenvalue weighted by molar-refractivity contribution is 9.10. The van der Waals surface area contributed by atoms with Gasteiger partial charge in [0.2, 0.25) is 5.88 Å². The largest absolute Gasteiger partial charge is 0.490 e. The van der Waals surface area contributed by atoms with Crippen molar-refractivity contribution in [1.82, 2.24) is 9.97 Å². The average Bonchev–Trinajstić information content (AvgIpc) is 3.11. The maximum absolute atomic E-state index is 5.91. The van der Waals surface area contributed by atoms with E-state index in [0.29, 0.717) is 19.1 Å². The molecule has 0 amide bonds. The predicted octanol–water partition coefficient (Wildman–Crippen LogP) is 5.58. The molecule has 26 heavy (non-hydrogen) atoms. The number of nitrogens with zero attached hydrogens (tertiary/aromatic N) is 2. The van der Waals surface area contributed by atoms with Crippen LogP contribution in [0.2, 0.25) is 0 Å². The van der Waals surface area contributed by atoms with Crippen molar-refractivity contribution in [3.05, 3.63) is 70.8 Å². The van der Waals surface area contributed by atoms with Gasteiger partial charge in [0.1, 0.15) is 30.1 Å². The van der Waals surface area contributed by atoms with Gasteiger partial charge in [0.25, 0.3) is 0 Å². The average molecular weight is 427 g/mol. The Morgan fingerprint density at radius 3 is 2.62 bits per heavy atom. The van der Waals surface area contributed by atoms with Gasteiger partial charge in [-0.05, 0) is 23.8 Å². The zero-order chi connectivity index (χ0) is 17.8. The van der Waals surface area contributed by atoms with Crippen molar-refractivity contribution in [1.29, 1.82) is 0 Å². The minimum atomic E-state index is 0.405. The molecule has 0 unspecified atom stereocenters. The lowest BCUT2D eigenvalue weighted by Gasteiger charge is -2.09. The van der Waals surface area contributed by atoms with E-state index in [4.69, 9.17) is 9.47 Å². The van der Waals surface area contributed by atoms with Gasteiger partial charge >= 0.3 is 0 Å². The standard InChI is InChI=1S/C20H15BrN2O2S/c21-15-7-4-8-16(11-15)24-9-10-25-19-18-17(14-5-2-1-3-6-14)12-26-20(18)23-13-22-19/h1-8,11-13H,9-10H2. The van der Waals surface area contributed by atoms with E-state index in [1.54, 1.807) is 11.3 Å². The highest BCUT2D eigenvalue weighted by atomic mass is 79.9. The van der Waals surface area contributed by atoms with Crippen LogP contribution in [0.1, 0.15) is 0 Å². The minimum Gasteiger partial charge on any atom is -0.490 e. The third-order valence-electron chi connectivity index (χ3n) is 3.81. The maximum atomic E-state index is 5.91. The summed E-state index contributed by atoms with van der Waals surface area (Å²) in [5.74, 6) is 1.39. The topological polar surface area (TPSA) is 44.2 Å². The fraction of sp³-hybridized carbons (Fsp3) is 0.100. The van der Waals surface area contributed by atoms with Crippen LogP contribution in [0.3, 0.4) is 0 Å². The van der Waals surface area contributed by atoms with Crippen LogP contribution in [0.4, 0.5) is 0 Å². The molecule has 0 saturated heterocycles. The van der Waals surface area contributed by atoms with Gasteiger partial charge in [0, 0.05) is 15.4 Å². The minimum absolute atomic E-state index is 0.405. The molecule has 0 radical (unpaired) electrons. The molecule has 4 aromatic rings. The second-order valence-corrected chi connectivity index (χ2v) is 7.30. The first-order valence-corrected chi connectivity index (χ1v) is 9.77. The van der Waals surface area contributed by atoms with Crippen LogP contribution in [0.15, 0.2) is 70.8 Å². The van der Waals surface area contributed by atoms with E-state index in [9.17, 15) is 0 Å². The van der Waals surface area contributed by atoms with E-state index < -0.39 is 0 Å². The summed E-state index contributed by atoms with van der Waals surface area (Å²) in [5.41, 5.74) is 2.22. The Labute approximate surface area is 163 Å². The normalized spacial score (nSPS) is 10.8. The molecule has 0 saturated carbocycles. The van der Waals surface area contributed by atoms with Gasteiger partial charge in [-0.2, -0.15) is 0 Å². The lowest BCUT2D eigenvalue weighted by molar-refractivity contribution is 0.213. The zero-order valence-corrected chi connectivity index (χ0v) is 16.2. The highest BCUT2D eigenvalue weighted by Gasteiger charge is 2.14. The second kappa shape index (κ2) is 7.85. The molecule has 0 fully saturated rings. The molecule has 4 nitrogen and oxygen atoms in total. The molecule has 0 bridgehead atoms. The molecular weight excluding hydrogens is 412 g/mol. The van der Waals surface area contributed by atoms with Crippen LogP contribution in [-0.2, 0) is 0 Å². The van der Waals surface area contributed by atoms with Gasteiger partial charge in [-0.15, -0.1) is 11.3 Å². The summed E-state index contributed by atoms with van der Waals surface area (Å²) < 4.78 is 12.6. The molecule has 130 valence electrons. The summed E-state index contributed by atoms with van der Waals surface area (Å²) in [4.78, 5) is 9.62. The zero-order valence-electron chi connectivity index (χ0n) is 13.8. The van der Waals surface area contributed by atoms with Crippen molar-refractivity contribution in [3.8, 4) is 22.8 Å². The van der Waals surface area contributed by atoms with Crippen LogP contribution < -0.4 is 9.47 Å². The molecule has 0 aliphatic rings. The first-order valence-electron chi connectivity index (χ1n) is 8.10. The molecular formula is C20H15BrN2O2S. The lowest BCUT2D eigenvalue weighted by Crippen LogP contribution is -2.10. The third-order valence-corrected chi connectivity index (χ3v) is 5.19. The Morgan fingerprint density at radius 2 is 1.77 bits per heavy atom. The molecule has 0 spiro atoms. The maximum Gasteiger partial charge on any atom is 0.226 e. The third kappa shape index (κ3) is 3.71. The quantitative estimate of drug-likeness (QED) is 0.377. The Balaban J connectivity index is 1.51. The number of fused-ring (bicyclic) bond motifs is 1. The monoisotopic (exact) mass is 426 g/mol. The van der Waals surface area contributed by atoms with Gasteiger partial charge in [0.15, 0.2) is 0 Å². The number of hydrogen-bond acceptors (Lipinski definition) is 5. The SMILES string of the molecule is Brc1cccc(OCCOc2ncnc3scc(-c4ccccc4)c23)c1. The summed E-state index contributed by atoms with van der Waals surface area (Å²) in [7, 11) is 0. The van der Waals surface area contributed by atoms with Crippen molar-refractivity contribution in [3.63, 3.8) is 0 Å². The van der Waals surface area contributed by atoms with Crippen LogP contribution in [0, 0.1) is 0 Å². The summed E-state index contributed by atoms with van der Waals surface area (Å²) in [5, 5.41) is 3.05. The van der Waals surface area contributed by atoms with Crippen molar-refractivity contribution in [2.24, 2.45) is 0 Å². The molecule has 0 aliphatic heterocycles. The Kier molecular flexibility index (Phi) is 5.13. The number of thiophene rings is 1. The van der Waals surface area contributed by atoms with Crippen LogP contribution in [0.25, 0.3) is 21.3 Å². The number of benzene rings is 2. The molecule has 2 aromatic carbocycles. The Morgan fingerprint density at radius 1 is 0.923 bits per heavy atom. The van der Waals surface area contributed by atoms with Crippen LogP contribution in [0.5, 0.6) is 11.6 Å². The molecule has 0 atom stereocenters. The number of aromatic nitrogens is 2. The van der Waals surface area contributed by atoms with Gasteiger partial charge in [-0.3, -0.25) is 0 Å². The van der Waals surface area contributed by atoms with Crippen molar-refractivity contribution in [2.45, 2.75) is 0 Å². The van der Waals surface area contributed by atoms with Crippen molar-refractivity contribution < 1.29 is 9.47 Å². The number of hydrogen-bond donors (Lipinski definition) is 0. The highest BCUT2D eigenvalue weighted by Crippen LogP contribution is 2.37. The van der Waals surface area contributed by atoms with Crippen molar-refractivity contribution in [2.75, 3.05) is 13.2 Å². The van der Waals surface area contributed by atoms with E-state index in [-0.39, 0.29) is 0 Å². The molecule has 0 N–H and O–H groups in total. The Hall–Kier alpha value is -2.44. The summed E-state index contributed by atoms with van der Waals surface area (Å²) in [6.45, 7) is 0.843. The van der Waals surface area contributed by atoms with Gasteiger partial charge in [-0.1, -0.05) is 52.3 Å². The predicted molar refractivity (Wildman–Crippen MR) is 108 cm³/mol. The second-order valence-electron chi connectivity index (χ2n) is 5.53. The number of halogens is 1. The Bertz CT molecular complexity index is 1020. The van der Waals surface area contributed by atoms with Crippen LogP contribution in [-0.4, -0.2) is 23.2 Å². The van der Waals surface area contributed by atoms with Gasteiger partial charge in [0.05, 0.1) is 5.39 Å². The molecule has 6 heteroatoms. The van der Waals surface area contributed by atoms with E-state index in [1.165, 1.54) is 6.33 Å². The fourth-order valence-corrected chi connectivity index (χ4v) is 3.93. The molecule has 2 aromatic heterocycles. The smallest absolute Gasteiger partial charge is 0.226 e. The molecule has 0 aliphatic carbocycles.